The second-order valence-electron chi connectivity index (χ2n) is 6.31. The minimum absolute atomic E-state index is 0.0519. The van der Waals surface area contributed by atoms with Crippen LogP contribution in [-0.4, -0.2) is 33.8 Å². The van der Waals surface area contributed by atoms with Gasteiger partial charge in [-0.2, -0.15) is 5.10 Å². The van der Waals surface area contributed by atoms with Gasteiger partial charge in [0.2, 0.25) is 4.77 Å². The number of rotatable bonds is 6. The van der Waals surface area contributed by atoms with Gasteiger partial charge >= 0.3 is 5.82 Å². The number of aromatic nitrogens is 6. The number of para-hydroxylation sites is 1. The Bertz CT molecular complexity index is 1210. The summed E-state index contributed by atoms with van der Waals surface area (Å²) < 4.78 is 5.60. The molecular formula is C19H17N7O2S. The highest BCUT2D eigenvalue weighted by molar-refractivity contribution is 7.71. The van der Waals surface area contributed by atoms with Crippen molar-refractivity contribution in [3.63, 3.8) is 0 Å². The summed E-state index contributed by atoms with van der Waals surface area (Å²) in [5.41, 5.74) is 1.71. The van der Waals surface area contributed by atoms with Gasteiger partial charge in [-0.3, -0.25) is 9.55 Å². The summed E-state index contributed by atoms with van der Waals surface area (Å²) >= 11 is 5.69. The normalized spacial score (nSPS) is 10.9. The molecule has 9 nitrogen and oxygen atoms in total. The van der Waals surface area contributed by atoms with E-state index in [9.17, 15) is 10.1 Å². The van der Waals surface area contributed by atoms with E-state index in [2.05, 4.69) is 9.97 Å². The molecule has 146 valence electrons. The molecule has 0 aliphatic rings. The van der Waals surface area contributed by atoms with Crippen molar-refractivity contribution >= 4 is 18.0 Å². The van der Waals surface area contributed by atoms with Gasteiger partial charge in [-0.25, -0.2) is 14.2 Å². The van der Waals surface area contributed by atoms with E-state index in [1.165, 1.54) is 6.20 Å². The van der Waals surface area contributed by atoms with E-state index in [0.29, 0.717) is 29.5 Å². The van der Waals surface area contributed by atoms with E-state index in [0.717, 1.165) is 11.3 Å². The summed E-state index contributed by atoms with van der Waals surface area (Å²) in [5.74, 6) is 1.17. The first kappa shape index (κ1) is 18.7. The fourth-order valence-electron chi connectivity index (χ4n) is 3.12. The molecule has 0 saturated carbocycles. The Balaban J connectivity index is 1.76. The summed E-state index contributed by atoms with van der Waals surface area (Å²) in [4.78, 5) is 19.0. The zero-order valence-corrected chi connectivity index (χ0v) is 16.4. The highest BCUT2D eigenvalue weighted by atomic mass is 32.1. The van der Waals surface area contributed by atoms with Gasteiger partial charge < -0.3 is 10.1 Å². The summed E-state index contributed by atoms with van der Waals surface area (Å²) in [6, 6.07) is 13.4. The third-order valence-corrected chi connectivity index (χ3v) is 4.92. The van der Waals surface area contributed by atoms with Gasteiger partial charge in [0.1, 0.15) is 12.7 Å². The van der Waals surface area contributed by atoms with Gasteiger partial charge in [0.25, 0.3) is 0 Å². The molecule has 0 unspecified atom stereocenters. The first-order valence-electron chi connectivity index (χ1n) is 8.88. The lowest BCUT2D eigenvalue weighted by molar-refractivity contribution is -0.392. The Labute approximate surface area is 171 Å². The number of aryl methyl sites for hydroxylation is 2. The summed E-state index contributed by atoms with van der Waals surface area (Å²) in [6.07, 6.45) is 4.69. The van der Waals surface area contributed by atoms with E-state index >= 15 is 0 Å². The minimum atomic E-state index is -0.442. The van der Waals surface area contributed by atoms with Crippen molar-refractivity contribution in [1.29, 1.82) is 0 Å². The molecule has 0 bridgehead atoms. The lowest BCUT2D eigenvalue weighted by atomic mass is 10.2. The number of imidazole rings is 1. The lowest BCUT2D eigenvalue weighted by Gasteiger charge is -2.06. The Morgan fingerprint density at radius 3 is 2.59 bits per heavy atom. The van der Waals surface area contributed by atoms with Gasteiger partial charge in [0.15, 0.2) is 11.6 Å². The smallest absolute Gasteiger partial charge is 0.342 e. The predicted octanol–water partition coefficient (Wildman–Crippen LogP) is 3.58. The summed E-state index contributed by atoms with van der Waals surface area (Å²) in [6.45, 7) is 2.43. The molecule has 10 heteroatoms. The molecular weight excluding hydrogens is 390 g/mol. The van der Waals surface area contributed by atoms with Gasteiger partial charge in [-0.1, -0.05) is 18.2 Å². The van der Waals surface area contributed by atoms with Crippen LogP contribution in [0.5, 0.6) is 0 Å². The number of hydrogen-bond acceptors (Lipinski definition) is 6. The highest BCUT2D eigenvalue weighted by Gasteiger charge is 2.19. The highest BCUT2D eigenvalue weighted by Crippen LogP contribution is 2.22. The zero-order valence-electron chi connectivity index (χ0n) is 15.5. The molecule has 0 atom stereocenters. The standard InChI is InChI=1S/C19H17N7O2S/c1-14-21-13-17(26(27)28)23(14)10-11-24-19(29)25(16-7-3-2-4-8-16)18(22-24)15-6-5-9-20-12-15/h2-9,12-13H,10-11H2,1H3. The van der Waals surface area contributed by atoms with Crippen LogP contribution < -0.4 is 0 Å². The topological polar surface area (TPSA) is 96.6 Å². The fraction of sp³-hybridized carbons (Fsp3) is 0.158. The van der Waals surface area contributed by atoms with Crippen LogP contribution >= 0.6 is 12.2 Å². The summed E-state index contributed by atoms with van der Waals surface area (Å²) in [5, 5.41) is 15.9. The van der Waals surface area contributed by atoms with E-state index in [1.807, 2.05) is 47.0 Å². The number of nitrogens with zero attached hydrogens (tertiary/aromatic N) is 7. The molecule has 0 fully saturated rings. The number of pyridine rings is 1. The van der Waals surface area contributed by atoms with Crippen LogP contribution in [0.3, 0.4) is 0 Å². The van der Waals surface area contributed by atoms with Crippen molar-refractivity contribution in [2.45, 2.75) is 20.0 Å². The Hall–Kier alpha value is -3.66. The van der Waals surface area contributed by atoms with E-state index < -0.39 is 4.92 Å². The van der Waals surface area contributed by atoms with Crippen LogP contribution in [0.15, 0.2) is 61.1 Å². The van der Waals surface area contributed by atoms with Crippen LogP contribution in [0.1, 0.15) is 5.82 Å². The molecule has 0 saturated heterocycles. The molecule has 29 heavy (non-hydrogen) atoms. The quantitative estimate of drug-likeness (QED) is 0.275. The maximum atomic E-state index is 11.2. The van der Waals surface area contributed by atoms with Crippen molar-refractivity contribution in [2.75, 3.05) is 0 Å². The second kappa shape index (κ2) is 7.76. The van der Waals surface area contributed by atoms with E-state index in [4.69, 9.17) is 17.3 Å². The van der Waals surface area contributed by atoms with Crippen molar-refractivity contribution < 1.29 is 4.92 Å². The Kier molecular flexibility index (Phi) is 5.00. The fourth-order valence-corrected chi connectivity index (χ4v) is 3.44. The predicted molar refractivity (Wildman–Crippen MR) is 109 cm³/mol. The minimum Gasteiger partial charge on any atom is -0.358 e. The first-order chi connectivity index (χ1) is 14.1. The first-order valence-corrected chi connectivity index (χ1v) is 9.29. The van der Waals surface area contributed by atoms with E-state index in [-0.39, 0.29) is 5.82 Å². The largest absolute Gasteiger partial charge is 0.358 e. The molecule has 3 aromatic heterocycles. The molecule has 0 radical (unpaired) electrons. The van der Waals surface area contributed by atoms with Crippen LogP contribution in [0.2, 0.25) is 0 Å². The third-order valence-electron chi connectivity index (χ3n) is 4.53. The molecule has 0 aliphatic carbocycles. The van der Waals surface area contributed by atoms with Crippen LogP contribution in [0.4, 0.5) is 5.82 Å². The Morgan fingerprint density at radius 1 is 1.10 bits per heavy atom. The van der Waals surface area contributed by atoms with Crippen molar-refractivity contribution in [3.05, 3.63) is 81.8 Å². The number of benzene rings is 1. The van der Waals surface area contributed by atoms with Gasteiger partial charge in [0.05, 0.1) is 6.54 Å². The molecule has 0 amide bonds. The zero-order chi connectivity index (χ0) is 20.4. The second-order valence-corrected chi connectivity index (χ2v) is 6.68. The molecule has 4 rings (SSSR count). The van der Waals surface area contributed by atoms with Gasteiger partial charge in [-0.15, -0.1) is 0 Å². The average molecular weight is 407 g/mol. The van der Waals surface area contributed by atoms with Gasteiger partial charge in [-0.05, 0) is 41.4 Å². The number of hydrogen-bond donors (Lipinski definition) is 0. The maximum Gasteiger partial charge on any atom is 0.342 e. The van der Waals surface area contributed by atoms with Gasteiger partial charge in [0, 0.05) is 30.6 Å². The average Bonchev–Trinajstić information content (AvgIpc) is 3.27. The van der Waals surface area contributed by atoms with Crippen LogP contribution in [0.25, 0.3) is 17.1 Å². The maximum absolute atomic E-state index is 11.2. The van der Waals surface area contributed by atoms with Crippen LogP contribution in [0, 0.1) is 21.8 Å². The number of nitro groups is 1. The van der Waals surface area contributed by atoms with Crippen molar-refractivity contribution in [1.82, 2.24) is 28.9 Å². The van der Waals surface area contributed by atoms with Crippen molar-refractivity contribution in [2.24, 2.45) is 0 Å². The summed E-state index contributed by atoms with van der Waals surface area (Å²) in [7, 11) is 0. The monoisotopic (exact) mass is 407 g/mol. The molecule has 1 aromatic carbocycles. The molecule has 0 N–H and O–H groups in total. The molecule has 3 heterocycles. The van der Waals surface area contributed by atoms with Crippen molar-refractivity contribution in [3.8, 4) is 17.1 Å². The Morgan fingerprint density at radius 2 is 1.90 bits per heavy atom. The molecule has 4 aromatic rings. The lowest BCUT2D eigenvalue weighted by Crippen LogP contribution is -2.12. The van der Waals surface area contributed by atoms with E-state index in [1.54, 1.807) is 28.6 Å². The molecule has 0 spiro atoms. The third kappa shape index (κ3) is 3.57. The molecule has 0 aliphatic heterocycles. The SMILES string of the molecule is Cc1ncc([N+](=O)[O-])n1CCn1nc(-c2cccnc2)n(-c2ccccc2)c1=S. The van der Waals surface area contributed by atoms with Crippen LogP contribution in [-0.2, 0) is 13.1 Å².